The van der Waals surface area contributed by atoms with Gasteiger partial charge in [-0.25, -0.2) is 0 Å². The molecule has 0 nitrogen and oxygen atoms in total. The van der Waals surface area contributed by atoms with Gasteiger partial charge in [0.1, 0.15) is 0 Å². The molecule has 0 aliphatic carbocycles. The maximum Gasteiger partial charge on any atom is 0.0441 e. The number of alkyl halides is 3. The molecule has 0 aliphatic rings. The highest BCUT2D eigenvalue weighted by Crippen LogP contribution is 2.24. The van der Waals surface area contributed by atoms with Crippen molar-refractivity contribution in [3.63, 3.8) is 0 Å². The van der Waals surface area contributed by atoms with Crippen molar-refractivity contribution < 1.29 is 0 Å². The Kier molecular flexibility index (Phi) is 5.10. The fourth-order valence-corrected chi connectivity index (χ4v) is 1.74. The Bertz CT molecular complexity index is 62.7. The average Bonchev–Trinajstić information content (AvgIpc) is 1.64. The Morgan fingerprint density at radius 2 is 1.44 bits per heavy atom. The van der Waals surface area contributed by atoms with Gasteiger partial charge in [0.2, 0.25) is 0 Å². The number of halogens is 3. The topological polar surface area (TPSA) is 0 Å². The first-order valence-corrected chi connectivity index (χ1v) is 4.38. The highest BCUT2D eigenvalue weighted by Gasteiger charge is 2.18. The summed E-state index contributed by atoms with van der Waals surface area (Å²) in [5, 5.41) is 0. The van der Waals surface area contributed by atoms with E-state index in [1.54, 1.807) is 0 Å². The second-order valence-electron chi connectivity index (χ2n) is 2.29. The summed E-state index contributed by atoms with van der Waals surface area (Å²) in [6.45, 7) is 1.96. The molecule has 0 radical (unpaired) electrons. The molecule has 0 aliphatic heterocycles. The minimum absolute atomic E-state index is 0.191. The third-order valence-electron chi connectivity index (χ3n) is 1.23. The van der Waals surface area contributed by atoms with E-state index in [4.69, 9.17) is 34.8 Å². The van der Waals surface area contributed by atoms with Crippen molar-refractivity contribution in [2.24, 2.45) is 0 Å². The molecule has 0 rings (SSSR count). The monoisotopic (exact) mass is 188 g/mol. The van der Waals surface area contributed by atoms with E-state index in [-0.39, 0.29) is 4.87 Å². The third-order valence-corrected chi connectivity index (χ3v) is 1.99. The van der Waals surface area contributed by atoms with Crippen LogP contribution in [-0.4, -0.2) is 16.6 Å². The smallest absolute Gasteiger partial charge is 0.0441 e. The van der Waals surface area contributed by atoms with Gasteiger partial charge >= 0.3 is 0 Å². The van der Waals surface area contributed by atoms with Crippen LogP contribution in [0.25, 0.3) is 0 Å². The Morgan fingerprint density at radius 1 is 1.11 bits per heavy atom. The first-order chi connectivity index (χ1) is 4.12. The Labute approximate surface area is 71.5 Å². The maximum atomic E-state index is 5.97. The van der Waals surface area contributed by atoms with Gasteiger partial charge in [0.25, 0.3) is 0 Å². The summed E-state index contributed by atoms with van der Waals surface area (Å²) in [4.78, 5) is -0.191. The third kappa shape index (κ3) is 5.32. The first kappa shape index (κ1) is 9.87. The van der Waals surface area contributed by atoms with E-state index >= 15 is 0 Å². The molecule has 0 unspecified atom stereocenters. The normalized spacial score (nSPS) is 12.0. The summed E-state index contributed by atoms with van der Waals surface area (Å²) in [6, 6.07) is 0. The molecule has 0 N–H and O–H groups in total. The predicted octanol–water partition coefficient (Wildman–Crippen LogP) is 3.24. The molecule has 0 aromatic heterocycles. The number of hydrogen-bond acceptors (Lipinski definition) is 0. The fraction of sp³-hybridized carbons (Fsp3) is 1.00. The average molecular weight is 190 g/mol. The molecular weight excluding hydrogens is 178 g/mol. The van der Waals surface area contributed by atoms with Crippen LogP contribution in [0.3, 0.4) is 0 Å². The van der Waals surface area contributed by atoms with Crippen molar-refractivity contribution in [1.82, 2.24) is 0 Å². The van der Waals surface area contributed by atoms with Gasteiger partial charge in [-0.15, -0.1) is 34.8 Å². The summed E-state index contributed by atoms with van der Waals surface area (Å²) in [6.07, 6.45) is 1.64. The summed E-state index contributed by atoms with van der Waals surface area (Å²) < 4.78 is 0. The molecule has 9 heavy (non-hydrogen) atoms. The molecule has 0 saturated carbocycles. The zero-order valence-electron chi connectivity index (χ0n) is 5.46. The van der Waals surface area contributed by atoms with Gasteiger partial charge in [0.05, 0.1) is 0 Å². The van der Waals surface area contributed by atoms with Crippen molar-refractivity contribution in [3.8, 4) is 0 Å². The van der Waals surface area contributed by atoms with E-state index in [0.717, 1.165) is 12.8 Å². The van der Waals surface area contributed by atoms with Crippen LogP contribution in [0, 0.1) is 0 Å². The van der Waals surface area contributed by atoms with E-state index in [2.05, 4.69) is 0 Å². The zero-order chi connectivity index (χ0) is 7.33. The van der Waals surface area contributed by atoms with Crippen LogP contribution in [0.2, 0.25) is 0 Å². The van der Waals surface area contributed by atoms with Crippen LogP contribution in [0.1, 0.15) is 19.8 Å². The molecule has 0 heterocycles. The lowest BCUT2D eigenvalue weighted by Crippen LogP contribution is -2.17. The molecule has 3 heteroatoms. The fourth-order valence-electron chi connectivity index (χ4n) is 0.519. The number of hydrogen-bond donors (Lipinski definition) is 0. The van der Waals surface area contributed by atoms with Crippen LogP contribution in [0.5, 0.6) is 0 Å². The van der Waals surface area contributed by atoms with E-state index in [0.29, 0.717) is 11.8 Å². The highest BCUT2D eigenvalue weighted by atomic mass is 35.5. The number of rotatable bonds is 4. The van der Waals surface area contributed by atoms with Gasteiger partial charge in [0, 0.05) is 16.6 Å². The minimum Gasteiger partial charge on any atom is -0.127 e. The second-order valence-corrected chi connectivity index (χ2v) is 3.96. The Morgan fingerprint density at radius 3 is 1.67 bits per heavy atom. The van der Waals surface area contributed by atoms with Gasteiger partial charge in [0.15, 0.2) is 0 Å². The molecule has 0 aromatic carbocycles. The van der Waals surface area contributed by atoms with Crippen molar-refractivity contribution >= 4 is 34.8 Å². The van der Waals surface area contributed by atoms with Gasteiger partial charge in [-0.3, -0.25) is 0 Å². The molecule has 0 aromatic rings. The molecule has 0 bridgehead atoms. The lowest BCUT2D eigenvalue weighted by Gasteiger charge is -2.18. The predicted molar refractivity (Wildman–Crippen MR) is 44.9 cm³/mol. The van der Waals surface area contributed by atoms with E-state index in [1.807, 2.05) is 6.92 Å². The van der Waals surface area contributed by atoms with Crippen molar-refractivity contribution in [3.05, 3.63) is 0 Å². The quantitative estimate of drug-likeness (QED) is 0.596. The van der Waals surface area contributed by atoms with Crippen LogP contribution in [-0.2, 0) is 0 Å². The molecular formula is C6H11Cl3. The van der Waals surface area contributed by atoms with Gasteiger partial charge in [-0.2, -0.15) is 0 Å². The Hall–Kier alpha value is 0.870. The summed E-state index contributed by atoms with van der Waals surface area (Å²) in [7, 11) is 0. The van der Waals surface area contributed by atoms with Crippen LogP contribution in [0.15, 0.2) is 0 Å². The van der Waals surface area contributed by atoms with Crippen LogP contribution >= 0.6 is 34.8 Å². The summed E-state index contributed by atoms with van der Waals surface area (Å²) in [5.74, 6) is 1.22. The lowest BCUT2D eigenvalue weighted by molar-refractivity contribution is 0.593. The van der Waals surface area contributed by atoms with E-state index in [1.165, 1.54) is 0 Å². The SMILES string of the molecule is CC(Cl)(CCCl)CCCl. The largest absolute Gasteiger partial charge is 0.127 e. The van der Waals surface area contributed by atoms with E-state index in [9.17, 15) is 0 Å². The molecule has 0 atom stereocenters. The first-order valence-electron chi connectivity index (χ1n) is 2.93. The van der Waals surface area contributed by atoms with Crippen LogP contribution < -0.4 is 0 Å². The molecule has 56 valence electrons. The van der Waals surface area contributed by atoms with Gasteiger partial charge in [-0.05, 0) is 19.8 Å². The minimum atomic E-state index is -0.191. The maximum absolute atomic E-state index is 5.97. The van der Waals surface area contributed by atoms with Crippen molar-refractivity contribution in [2.45, 2.75) is 24.6 Å². The van der Waals surface area contributed by atoms with Crippen LogP contribution in [0.4, 0.5) is 0 Å². The standard InChI is InChI=1S/C6H11Cl3/c1-6(9,2-4-7)3-5-8/h2-5H2,1H3. The van der Waals surface area contributed by atoms with Gasteiger partial charge in [-0.1, -0.05) is 0 Å². The molecule has 0 spiro atoms. The lowest BCUT2D eigenvalue weighted by atomic mass is 10.1. The molecule has 0 saturated heterocycles. The highest BCUT2D eigenvalue weighted by molar-refractivity contribution is 6.25. The Balaban J connectivity index is 3.43. The van der Waals surface area contributed by atoms with Crippen molar-refractivity contribution in [2.75, 3.05) is 11.8 Å². The van der Waals surface area contributed by atoms with Gasteiger partial charge < -0.3 is 0 Å². The zero-order valence-corrected chi connectivity index (χ0v) is 7.73. The molecule has 0 fully saturated rings. The second kappa shape index (κ2) is 4.65. The molecule has 0 amide bonds. The summed E-state index contributed by atoms with van der Waals surface area (Å²) in [5.41, 5.74) is 0. The summed E-state index contributed by atoms with van der Waals surface area (Å²) >= 11 is 17.0. The van der Waals surface area contributed by atoms with E-state index < -0.39 is 0 Å². The van der Waals surface area contributed by atoms with Crippen molar-refractivity contribution in [1.29, 1.82) is 0 Å².